The number of rotatable bonds is 2. The van der Waals surface area contributed by atoms with E-state index in [9.17, 15) is 4.79 Å². The zero-order valence-electron chi connectivity index (χ0n) is 11.1. The Morgan fingerprint density at radius 3 is 2.71 bits per heavy atom. The van der Waals surface area contributed by atoms with Gasteiger partial charge in [0.25, 0.3) is 5.91 Å². The number of benzene rings is 1. The predicted octanol–water partition coefficient (Wildman–Crippen LogP) is 4.20. The molecular weight excluding hydrogens is 309 g/mol. The van der Waals surface area contributed by atoms with Crippen molar-refractivity contribution in [3.63, 3.8) is 0 Å². The maximum Gasteiger partial charge on any atom is 0.255 e. The highest BCUT2D eigenvalue weighted by atomic mass is 35.5. The molecule has 0 radical (unpaired) electrons. The number of carbonyl (C=O) groups is 1. The first-order valence-corrected chi connectivity index (χ1v) is 7.00. The summed E-state index contributed by atoms with van der Waals surface area (Å²) in [6.07, 6.45) is 3.70. The fourth-order valence-electron chi connectivity index (χ4n) is 2.03. The summed E-state index contributed by atoms with van der Waals surface area (Å²) in [5, 5.41) is 3.59. The van der Waals surface area contributed by atoms with E-state index in [0.29, 0.717) is 21.3 Å². The number of aromatic nitrogens is 2. The molecule has 0 aliphatic carbocycles. The molecule has 1 N–H and O–H groups in total. The van der Waals surface area contributed by atoms with E-state index < -0.39 is 0 Å². The summed E-state index contributed by atoms with van der Waals surface area (Å²) < 4.78 is 1.86. The van der Waals surface area contributed by atoms with Gasteiger partial charge in [-0.1, -0.05) is 23.2 Å². The quantitative estimate of drug-likeness (QED) is 0.769. The van der Waals surface area contributed by atoms with E-state index in [-0.39, 0.29) is 5.91 Å². The lowest BCUT2D eigenvalue weighted by molar-refractivity contribution is 0.102. The molecule has 106 valence electrons. The van der Waals surface area contributed by atoms with E-state index >= 15 is 0 Å². The summed E-state index contributed by atoms with van der Waals surface area (Å²) in [5.74, 6) is -0.246. The molecule has 0 aliphatic heterocycles. The second-order valence-corrected chi connectivity index (χ2v) is 5.46. The van der Waals surface area contributed by atoms with Gasteiger partial charge in [-0.2, -0.15) is 0 Å². The van der Waals surface area contributed by atoms with Crippen molar-refractivity contribution in [3.05, 3.63) is 64.0 Å². The Morgan fingerprint density at radius 2 is 1.95 bits per heavy atom. The van der Waals surface area contributed by atoms with E-state index in [1.807, 2.05) is 29.8 Å². The van der Waals surface area contributed by atoms with Gasteiger partial charge >= 0.3 is 0 Å². The fourth-order valence-corrected chi connectivity index (χ4v) is 2.33. The topological polar surface area (TPSA) is 46.4 Å². The van der Waals surface area contributed by atoms with Crippen molar-refractivity contribution in [2.24, 2.45) is 0 Å². The van der Waals surface area contributed by atoms with Gasteiger partial charge in [0, 0.05) is 18.0 Å². The highest BCUT2D eigenvalue weighted by Gasteiger charge is 2.09. The molecule has 0 unspecified atom stereocenters. The standard InChI is InChI=1S/C15H11Cl2N3O/c1-9-7-20-8-11(3-5-14(20)18-9)19-15(21)10-2-4-12(16)13(17)6-10/h2-8H,1H3,(H,19,21). The molecule has 6 heteroatoms. The molecule has 0 saturated carbocycles. The predicted molar refractivity (Wildman–Crippen MR) is 84.3 cm³/mol. The number of amides is 1. The molecule has 0 fully saturated rings. The third kappa shape index (κ3) is 2.86. The number of nitrogens with one attached hydrogen (secondary N) is 1. The smallest absolute Gasteiger partial charge is 0.255 e. The van der Waals surface area contributed by atoms with Crippen LogP contribution in [0.15, 0.2) is 42.7 Å². The van der Waals surface area contributed by atoms with Crippen LogP contribution in [0.5, 0.6) is 0 Å². The molecule has 4 nitrogen and oxygen atoms in total. The molecule has 0 aliphatic rings. The van der Waals surface area contributed by atoms with Crippen molar-refractivity contribution in [2.45, 2.75) is 6.92 Å². The lowest BCUT2D eigenvalue weighted by atomic mass is 10.2. The number of fused-ring (bicyclic) bond motifs is 1. The number of hydrogen-bond acceptors (Lipinski definition) is 2. The fraction of sp³-hybridized carbons (Fsp3) is 0.0667. The molecule has 21 heavy (non-hydrogen) atoms. The summed E-state index contributed by atoms with van der Waals surface area (Å²) in [6, 6.07) is 8.42. The van der Waals surface area contributed by atoms with Crippen molar-refractivity contribution in [1.82, 2.24) is 9.38 Å². The zero-order valence-corrected chi connectivity index (χ0v) is 12.6. The van der Waals surface area contributed by atoms with Crippen molar-refractivity contribution in [1.29, 1.82) is 0 Å². The molecule has 2 heterocycles. The normalized spacial score (nSPS) is 10.8. The number of aryl methyl sites for hydroxylation is 1. The Morgan fingerprint density at radius 1 is 1.14 bits per heavy atom. The van der Waals surface area contributed by atoms with E-state index in [4.69, 9.17) is 23.2 Å². The first-order valence-electron chi connectivity index (χ1n) is 6.25. The Labute approximate surface area is 131 Å². The minimum atomic E-state index is -0.246. The van der Waals surface area contributed by atoms with Gasteiger partial charge in [-0.15, -0.1) is 0 Å². The van der Waals surface area contributed by atoms with Crippen LogP contribution >= 0.6 is 23.2 Å². The van der Waals surface area contributed by atoms with Gasteiger partial charge in [0.2, 0.25) is 0 Å². The summed E-state index contributed by atoms with van der Waals surface area (Å²) in [5.41, 5.74) is 2.88. The van der Waals surface area contributed by atoms with Gasteiger partial charge in [0.15, 0.2) is 0 Å². The van der Waals surface area contributed by atoms with Gasteiger partial charge in [-0.05, 0) is 37.3 Å². The maximum absolute atomic E-state index is 12.2. The third-order valence-electron chi connectivity index (χ3n) is 3.01. The number of anilines is 1. The molecule has 0 bridgehead atoms. The largest absolute Gasteiger partial charge is 0.321 e. The van der Waals surface area contributed by atoms with Gasteiger partial charge in [0.05, 0.1) is 21.4 Å². The second kappa shape index (κ2) is 5.39. The lowest BCUT2D eigenvalue weighted by Gasteiger charge is -2.06. The van der Waals surface area contributed by atoms with Gasteiger partial charge < -0.3 is 9.72 Å². The van der Waals surface area contributed by atoms with Crippen molar-refractivity contribution < 1.29 is 4.79 Å². The van der Waals surface area contributed by atoms with Crippen molar-refractivity contribution in [2.75, 3.05) is 5.32 Å². The Bertz CT molecular complexity index is 842. The number of halogens is 2. The summed E-state index contributed by atoms with van der Waals surface area (Å²) in [6.45, 7) is 1.92. The number of pyridine rings is 1. The average Bonchev–Trinajstić information content (AvgIpc) is 2.81. The van der Waals surface area contributed by atoms with E-state index in [2.05, 4.69) is 10.3 Å². The number of imidazole rings is 1. The van der Waals surface area contributed by atoms with Crippen LogP contribution in [0.4, 0.5) is 5.69 Å². The molecule has 2 aromatic heterocycles. The lowest BCUT2D eigenvalue weighted by Crippen LogP contribution is -2.12. The number of carbonyl (C=O) groups excluding carboxylic acids is 1. The van der Waals surface area contributed by atoms with E-state index in [1.165, 1.54) is 0 Å². The maximum atomic E-state index is 12.2. The third-order valence-corrected chi connectivity index (χ3v) is 3.75. The van der Waals surface area contributed by atoms with Crippen LogP contribution in [0, 0.1) is 6.92 Å². The van der Waals surface area contributed by atoms with Crippen LogP contribution in [0.3, 0.4) is 0 Å². The molecule has 3 rings (SSSR count). The Hall–Kier alpha value is -2.04. The minimum Gasteiger partial charge on any atom is -0.321 e. The zero-order chi connectivity index (χ0) is 15.0. The van der Waals surface area contributed by atoms with Crippen LogP contribution in [0.2, 0.25) is 10.0 Å². The Balaban J connectivity index is 1.86. The first-order chi connectivity index (χ1) is 10.0. The minimum absolute atomic E-state index is 0.246. The second-order valence-electron chi connectivity index (χ2n) is 4.65. The number of nitrogens with zero attached hydrogens (tertiary/aromatic N) is 2. The number of hydrogen-bond donors (Lipinski definition) is 1. The molecular formula is C15H11Cl2N3O. The molecule has 0 atom stereocenters. The van der Waals surface area contributed by atoms with Crippen molar-refractivity contribution >= 4 is 40.4 Å². The highest BCUT2D eigenvalue weighted by molar-refractivity contribution is 6.42. The van der Waals surface area contributed by atoms with Crippen molar-refractivity contribution in [3.8, 4) is 0 Å². The van der Waals surface area contributed by atoms with Crippen LogP contribution in [0.1, 0.15) is 16.1 Å². The highest BCUT2D eigenvalue weighted by Crippen LogP contribution is 2.23. The van der Waals surface area contributed by atoms with E-state index in [1.54, 1.807) is 24.3 Å². The molecule has 3 aromatic rings. The van der Waals surface area contributed by atoms with Crippen LogP contribution in [-0.4, -0.2) is 15.3 Å². The van der Waals surface area contributed by atoms with Gasteiger partial charge in [-0.25, -0.2) is 4.98 Å². The summed E-state index contributed by atoms with van der Waals surface area (Å²) in [4.78, 5) is 16.5. The summed E-state index contributed by atoms with van der Waals surface area (Å²) >= 11 is 11.8. The van der Waals surface area contributed by atoms with Gasteiger partial charge in [0.1, 0.15) is 5.65 Å². The van der Waals surface area contributed by atoms with Crippen LogP contribution in [-0.2, 0) is 0 Å². The molecule has 1 amide bonds. The SMILES string of the molecule is Cc1cn2cc(NC(=O)c3ccc(Cl)c(Cl)c3)ccc2n1. The monoisotopic (exact) mass is 319 g/mol. The molecule has 1 aromatic carbocycles. The van der Waals surface area contributed by atoms with E-state index in [0.717, 1.165) is 11.3 Å². The molecule has 0 saturated heterocycles. The first kappa shape index (κ1) is 13.9. The average molecular weight is 320 g/mol. The van der Waals surface area contributed by atoms with Crippen LogP contribution in [0.25, 0.3) is 5.65 Å². The Kier molecular flexibility index (Phi) is 3.57. The molecule has 0 spiro atoms. The van der Waals surface area contributed by atoms with Crippen LogP contribution < -0.4 is 5.32 Å². The summed E-state index contributed by atoms with van der Waals surface area (Å²) in [7, 11) is 0. The van der Waals surface area contributed by atoms with Gasteiger partial charge in [-0.3, -0.25) is 4.79 Å².